The molecule has 4 heteroatoms. The van der Waals surface area contributed by atoms with E-state index < -0.39 is 0 Å². The number of H-pyrrole nitrogens is 1. The Labute approximate surface area is 94.4 Å². The molecular weight excluding hydrogens is 202 g/mol. The molecule has 0 radical (unpaired) electrons. The molecule has 16 heavy (non-hydrogen) atoms. The average Bonchev–Trinajstić information content (AvgIpc) is 2.77. The molecule has 0 aliphatic carbocycles. The fourth-order valence-corrected chi connectivity index (χ4v) is 1.71. The number of ether oxygens (including phenoxy) is 1. The van der Waals surface area contributed by atoms with Crippen LogP contribution in [0.2, 0.25) is 0 Å². The number of para-hydroxylation sites is 1. The van der Waals surface area contributed by atoms with Crippen LogP contribution in [0.3, 0.4) is 0 Å². The molecule has 1 aromatic carbocycles. The summed E-state index contributed by atoms with van der Waals surface area (Å²) in [4.78, 5) is 0. The Kier molecular flexibility index (Phi) is 2.92. The van der Waals surface area contributed by atoms with Gasteiger partial charge in [-0.25, -0.2) is 0 Å². The van der Waals surface area contributed by atoms with Crippen molar-refractivity contribution in [2.75, 3.05) is 7.11 Å². The molecule has 0 bridgehead atoms. The lowest BCUT2D eigenvalue weighted by atomic mass is 10.0. The molecule has 0 aliphatic rings. The van der Waals surface area contributed by atoms with Crippen LogP contribution in [0.25, 0.3) is 11.3 Å². The SMILES string of the molecule is COc1ccccc1-c1[nH]ncc1C(C)N. The molecule has 1 heterocycles. The summed E-state index contributed by atoms with van der Waals surface area (Å²) >= 11 is 0. The van der Waals surface area contributed by atoms with Gasteiger partial charge < -0.3 is 10.5 Å². The summed E-state index contributed by atoms with van der Waals surface area (Å²) in [6.45, 7) is 1.93. The van der Waals surface area contributed by atoms with Gasteiger partial charge in [-0.1, -0.05) is 12.1 Å². The van der Waals surface area contributed by atoms with Gasteiger partial charge in [0.15, 0.2) is 0 Å². The van der Waals surface area contributed by atoms with E-state index in [1.165, 1.54) is 0 Å². The van der Waals surface area contributed by atoms with Crippen LogP contribution in [0.15, 0.2) is 30.5 Å². The highest BCUT2D eigenvalue weighted by Gasteiger charge is 2.14. The number of nitrogens with one attached hydrogen (secondary N) is 1. The number of aromatic amines is 1. The van der Waals surface area contributed by atoms with Crippen LogP contribution in [0, 0.1) is 0 Å². The Balaban J connectivity index is 2.54. The largest absolute Gasteiger partial charge is 0.496 e. The second-order valence-electron chi connectivity index (χ2n) is 3.69. The second-order valence-corrected chi connectivity index (χ2v) is 3.69. The first-order chi connectivity index (χ1) is 7.74. The van der Waals surface area contributed by atoms with Crippen LogP contribution in [0.1, 0.15) is 18.5 Å². The molecule has 1 unspecified atom stereocenters. The Bertz CT molecular complexity index is 477. The number of hydrogen-bond donors (Lipinski definition) is 2. The molecule has 84 valence electrons. The topological polar surface area (TPSA) is 63.9 Å². The molecule has 0 spiro atoms. The minimum Gasteiger partial charge on any atom is -0.496 e. The van der Waals surface area contributed by atoms with E-state index in [4.69, 9.17) is 10.5 Å². The normalized spacial score (nSPS) is 12.4. The van der Waals surface area contributed by atoms with Crippen molar-refractivity contribution in [1.82, 2.24) is 10.2 Å². The molecule has 0 saturated heterocycles. The minimum atomic E-state index is -0.0568. The van der Waals surface area contributed by atoms with Crippen molar-refractivity contribution in [2.24, 2.45) is 5.73 Å². The lowest BCUT2D eigenvalue weighted by molar-refractivity contribution is 0.416. The standard InChI is InChI=1S/C12H15N3O/c1-8(13)10-7-14-15-12(10)9-5-3-4-6-11(9)16-2/h3-8H,13H2,1-2H3,(H,14,15). The fraction of sp³-hybridized carbons (Fsp3) is 0.250. The number of aromatic nitrogens is 2. The number of nitrogens with two attached hydrogens (primary N) is 1. The van der Waals surface area contributed by atoms with Gasteiger partial charge in [0.25, 0.3) is 0 Å². The molecule has 0 aliphatic heterocycles. The summed E-state index contributed by atoms with van der Waals surface area (Å²) in [5.74, 6) is 0.814. The molecular formula is C12H15N3O. The van der Waals surface area contributed by atoms with Gasteiger partial charge >= 0.3 is 0 Å². The molecule has 0 amide bonds. The van der Waals surface area contributed by atoms with Crippen LogP contribution in [0.5, 0.6) is 5.75 Å². The van der Waals surface area contributed by atoms with Gasteiger partial charge in [-0.2, -0.15) is 5.10 Å². The Morgan fingerprint density at radius 3 is 2.81 bits per heavy atom. The summed E-state index contributed by atoms with van der Waals surface area (Å²) in [7, 11) is 1.65. The van der Waals surface area contributed by atoms with Gasteiger partial charge in [0.05, 0.1) is 19.0 Å². The van der Waals surface area contributed by atoms with E-state index in [-0.39, 0.29) is 6.04 Å². The first-order valence-electron chi connectivity index (χ1n) is 5.16. The summed E-state index contributed by atoms with van der Waals surface area (Å²) in [5, 5.41) is 7.00. The van der Waals surface area contributed by atoms with Crippen molar-refractivity contribution in [3.05, 3.63) is 36.0 Å². The van der Waals surface area contributed by atoms with Gasteiger partial charge in [0.1, 0.15) is 5.75 Å². The Morgan fingerprint density at radius 2 is 2.12 bits per heavy atom. The highest BCUT2D eigenvalue weighted by atomic mass is 16.5. The molecule has 4 nitrogen and oxygen atoms in total. The zero-order valence-corrected chi connectivity index (χ0v) is 9.40. The number of nitrogens with zero attached hydrogens (tertiary/aromatic N) is 1. The first-order valence-corrected chi connectivity index (χ1v) is 5.16. The van der Waals surface area contributed by atoms with E-state index in [1.807, 2.05) is 31.2 Å². The zero-order valence-electron chi connectivity index (χ0n) is 9.40. The van der Waals surface area contributed by atoms with E-state index in [0.717, 1.165) is 22.6 Å². The molecule has 0 saturated carbocycles. The van der Waals surface area contributed by atoms with Gasteiger partial charge in [-0.15, -0.1) is 0 Å². The highest BCUT2D eigenvalue weighted by molar-refractivity contribution is 5.70. The van der Waals surface area contributed by atoms with E-state index in [9.17, 15) is 0 Å². The summed E-state index contributed by atoms with van der Waals surface area (Å²) in [6, 6.07) is 7.74. The predicted octanol–water partition coefficient (Wildman–Crippen LogP) is 2.10. The van der Waals surface area contributed by atoms with Crippen molar-refractivity contribution < 1.29 is 4.74 Å². The Morgan fingerprint density at radius 1 is 1.38 bits per heavy atom. The molecule has 0 fully saturated rings. The maximum absolute atomic E-state index is 5.89. The molecule has 1 aromatic heterocycles. The lowest BCUT2D eigenvalue weighted by Crippen LogP contribution is -2.05. The number of hydrogen-bond acceptors (Lipinski definition) is 3. The van der Waals surface area contributed by atoms with E-state index in [1.54, 1.807) is 13.3 Å². The van der Waals surface area contributed by atoms with E-state index in [2.05, 4.69) is 10.2 Å². The molecule has 1 atom stereocenters. The van der Waals surface area contributed by atoms with Crippen molar-refractivity contribution in [2.45, 2.75) is 13.0 Å². The lowest BCUT2D eigenvalue weighted by Gasteiger charge is -2.10. The zero-order chi connectivity index (χ0) is 11.5. The minimum absolute atomic E-state index is 0.0568. The van der Waals surface area contributed by atoms with Crippen LogP contribution in [0.4, 0.5) is 0 Å². The Hall–Kier alpha value is -1.81. The summed E-state index contributed by atoms with van der Waals surface area (Å²) in [6.07, 6.45) is 1.76. The maximum atomic E-state index is 5.89. The first kappa shape index (κ1) is 10.7. The van der Waals surface area contributed by atoms with Crippen molar-refractivity contribution >= 4 is 0 Å². The molecule has 2 rings (SSSR count). The van der Waals surface area contributed by atoms with Crippen LogP contribution < -0.4 is 10.5 Å². The third kappa shape index (κ3) is 1.79. The average molecular weight is 217 g/mol. The smallest absolute Gasteiger partial charge is 0.128 e. The monoisotopic (exact) mass is 217 g/mol. The van der Waals surface area contributed by atoms with E-state index in [0.29, 0.717) is 0 Å². The second kappa shape index (κ2) is 4.37. The third-order valence-electron chi connectivity index (χ3n) is 2.54. The van der Waals surface area contributed by atoms with Crippen molar-refractivity contribution in [3.63, 3.8) is 0 Å². The number of benzene rings is 1. The maximum Gasteiger partial charge on any atom is 0.128 e. The van der Waals surface area contributed by atoms with Crippen molar-refractivity contribution in [1.29, 1.82) is 0 Å². The van der Waals surface area contributed by atoms with Crippen molar-refractivity contribution in [3.8, 4) is 17.0 Å². The number of rotatable bonds is 3. The molecule has 2 aromatic rings. The predicted molar refractivity (Wildman–Crippen MR) is 63.2 cm³/mol. The van der Waals surface area contributed by atoms with Gasteiger partial charge in [-0.3, -0.25) is 5.10 Å². The summed E-state index contributed by atoms with van der Waals surface area (Å²) in [5.41, 5.74) is 8.78. The van der Waals surface area contributed by atoms with Gasteiger partial charge in [-0.05, 0) is 19.1 Å². The van der Waals surface area contributed by atoms with E-state index >= 15 is 0 Å². The van der Waals surface area contributed by atoms with Crippen LogP contribution >= 0.6 is 0 Å². The van der Waals surface area contributed by atoms with Crippen LogP contribution in [-0.4, -0.2) is 17.3 Å². The van der Waals surface area contributed by atoms with Gasteiger partial charge in [0, 0.05) is 17.2 Å². The summed E-state index contributed by atoms with van der Waals surface area (Å²) < 4.78 is 5.32. The molecule has 3 N–H and O–H groups in total. The quantitative estimate of drug-likeness (QED) is 0.827. The fourth-order valence-electron chi connectivity index (χ4n) is 1.71. The van der Waals surface area contributed by atoms with Crippen LogP contribution in [-0.2, 0) is 0 Å². The number of methoxy groups -OCH3 is 1. The third-order valence-corrected chi connectivity index (χ3v) is 2.54. The highest BCUT2D eigenvalue weighted by Crippen LogP contribution is 2.32. The van der Waals surface area contributed by atoms with Gasteiger partial charge in [0.2, 0.25) is 0 Å².